The molecule has 1 heterocycles. The van der Waals surface area contributed by atoms with Gasteiger partial charge in [-0.15, -0.1) is 0 Å². The lowest BCUT2D eigenvalue weighted by molar-refractivity contribution is 0.124. The molecule has 118 valence electrons. The van der Waals surface area contributed by atoms with Crippen LogP contribution in [-0.4, -0.2) is 50.3 Å². The minimum absolute atomic E-state index is 0.348. The zero-order valence-electron chi connectivity index (χ0n) is 13.4. The van der Waals surface area contributed by atoms with Gasteiger partial charge in [0.05, 0.1) is 13.2 Å². The van der Waals surface area contributed by atoms with Crippen molar-refractivity contribution in [2.45, 2.75) is 25.9 Å². The van der Waals surface area contributed by atoms with Crippen LogP contribution < -0.4 is 10.1 Å². The van der Waals surface area contributed by atoms with Crippen LogP contribution in [0.3, 0.4) is 0 Å². The van der Waals surface area contributed by atoms with Crippen LogP contribution >= 0.6 is 0 Å². The monoisotopic (exact) mass is 292 g/mol. The second-order valence-electron chi connectivity index (χ2n) is 6.54. The number of hydrogen-bond acceptors (Lipinski definition) is 4. The molecular weight excluding hydrogens is 264 g/mol. The molecule has 0 bridgehead atoms. The van der Waals surface area contributed by atoms with Crippen LogP contribution in [0.15, 0.2) is 24.3 Å². The van der Waals surface area contributed by atoms with Gasteiger partial charge in [0, 0.05) is 13.1 Å². The van der Waals surface area contributed by atoms with E-state index in [4.69, 9.17) is 4.74 Å². The summed E-state index contributed by atoms with van der Waals surface area (Å²) in [7, 11) is 3.82. The van der Waals surface area contributed by atoms with Crippen molar-refractivity contribution in [3.63, 3.8) is 0 Å². The summed E-state index contributed by atoms with van der Waals surface area (Å²) in [6.45, 7) is 6.21. The van der Waals surface area contributed by atoms with Gasteiger partial charge < -0.3 is 20.1 Å². The predicted molar refractivity (Wildman–Crippen MR) is 85.7 cm³/mol. The van der Waals surface area contributed by atoms with Crippen LogP contribution in [0.1, 0.15) is 31.4 Å². The maximum Gasteiger partial charge on any atom is 0.119 e. The van der Waals surface area contributed by atoms with Crippen LogP contribution in [0, 0.1) is 5.41 Å². The summed E-state index contributed by atoms with van der Waals surface area (Å²) >= 11 is 0. The summed E-state index contributed by atoms with van der Waals surface area (Å²) in [6.07, 6.45) is 1.94. The highest BCUT2D eigenvalue weighted by atomic mass is 16.5. The number of aliphatic hydroxyl groups is 1. The highest BCUT2D eigenvalue weighted by Crippen LogP contribution is 2.29. The van der Waals surface area contributed by atoms with E-state index in [0.29, 0.717) is 12.0 Å². The number of nitrogens with one attached hydrogen (secondary N) is 1. The molecule has 0 radical (unpaired) electrons. The predicted octanol–water partition coefficient (Wildman–Crippen LogP) is 2.05. The average molecular weight is 292 g/mol. The summed E-state index contributed by atoms with van der Waals surface area (Å²) in [4.78, 5) is 2.38. The summed E-state index contributed by atoms with van der Waals surface area (Å²) in [5.41, 5.74) is 1.25. The number of piperidine rings is 1. The van der Waals surface area contributed by atoms with E-state index in [1.807, 2.05) is 24.3 Å². The molecule has 1 aromatic rings. The largest absolute Gasteiger partial charge is 0.497 e. The minimum atomic E-state index is -0.491. The van der Waals surface area contributed by atoms with Crippen molar-refractivity contribution in [1.82, 2.24) is 10.2 Å². The highest BCUT2D eigenvalue weighted by Gasteiger charge is 2.28. The Kier molecular flexibility index (Phi) is 5.62. The second-order valence-corrected chi connectivity index (χ2v) is 6.54. The van der Waals surface area contributed by atoms with Gasteiger partial charge >= 0.3 is 0 Å². The van der Waals surface area contributed by atoms with E-state index in [2.05, 4.69) is 24.2 Å². The second kappa shape index (κ2) is 7.25. The first-order valence-corrected chi connectivity index (χ1v) is 7.74. The van der Waals surface area contributed by atoms with Gasteiger partial charge in [0.25, 0.3) is 0 Å². The summed E-state index contributed by atoms with van der Waals surface area (Å²) < 4.78 is 5.19. The van der Waals surface area contributed by atoms with Gasteiger partial charge in [-0.2, -0.15) is 0 Å². The van der Waals surface area contributed by atoms with Crippen molar-refractivity contribution in [3.8, 4) is 5.75 Å². The fraction of sp³-hybridized carbons (Fsp3) is 0.647. The average Bonchev–Trinajstić information content (AvgIpc) is 2.50. The Bertz CT molecular complexity index is 442. The molecule has 1 saturated heterocycles. The number of methoxy groups -OCH3 is 1. The molecule has 2 N–H and O–H groups in total. The molecule has 1 aromatic carbocycles. The maximum atomic E-state index is 10.3. The number of nitrogens with zero attached hydrogens (tertiary/aromatic N) is 1. The topological polar surface area (TPSA) is 44.7 Å². The SMILES string of the molecule is COc1cccc(C(O)CNCC2(C)CCN(C)CC2)c1. The van der Waals surface area contributed by atoms with Gasteiger partial charge in [0.1, 0.15) is 5.75 Å². The molecule has 1 aliphatic heterocycles. The van der Waals surface area contributed by atoms with Crippen molar-refractivity contribution < 1.29 is 9.84 Å². The van der Waals surface area contributed by atoms with Crippen LogP contribution in [0.2, 0.25) is 0 Å². The molecule has 0 aliphatic carbocycles. The number of ether oxygens (including phenoxy) is 1. The van der Waals surface area contributed by atoms with Crippen molar-refractivity contribution in [3.05, 3.63) is 29.8 Å². The van der Waals surface area contributed by atoms with E-state index in [9.17, 15) is 5.11 Å². The minimum Gasteiger partial charge on any atom is -0.497 e. The Balaban J connectivity index is 1.79. The molecule has 1 atom stereocenters. The fourth-order valence-corrected chi connectivity index (χ4v) is 2.81. The third kappa shape index (κ3) is 4.70. The van der Waals surface area contributed by atoms with E-state index in [0.717, 1.165) is 30.9 Å². The Labute approximate surface area is 128 Å². The first-order chi connectivity index (χ1) is 10.0. The molecule has 4 nitrogen and oxygen atoms in total. The number of aliphatic hydroxyl groups excluding tert-OH is 1. The van der Waals surface area contributed by atoms with Gasteiger partial charge in [-0.3, -0.25) is 0 Å². The van der Waals surface area contributed by atoms with Crippen LogP contribution in [0.4, 0.5) is 0 Å². The molecule has 0 aromatic heterocycles. The molecule has 0 spiro atoms. The number of likely N-dealkylation sites (tertiary alicyclic amines) is 1. The molecule has 4 heteroatoms. The van der Waals surface area contributed by atoms with Crippen LogP contribution in [0.5, 0.6) is 5.75 Å². The number of rotatable bonds is 6. The smallest absolute Gasteiger partial charge is 0.119 e. The zero-order valence-corrected chi connectivity index (χ0v) is 13.4. The first-order valence-electron chi connectivity index (χ1n) is 7.74. The van der Waals surface area contributed by atoms with Gasteiger partial charge in [-0.25, -0.2) is 0 Å². The molecular formula is C17H28N2O2. The third-order valence-electron chi connectivity index (χ3n) is 4.56. The quantitative estimate of drug-likeness (QED) is 0.842. The van der Waals surface area contributed by atoms with Gasteiger partial charge in [0.15, 0.2) is 0 Å². The lowest BCUT2D eigenvalue weighted by Crippen LogP contribution is -2.42. The van der Waals surface area contributed by atoms with Crippen LogP contribution in [0.25, 0.3) is 0 Å². The van der Waals surface area contributed by atoms with E-state index < -0.39 is 6.10 Å². The Morgan fingerprint density at radius 3 is 2.76 bits per heavy atom. The normalized spacial score (nSPS) is 20.2. The van der Waals surface area contributed by atoms with Crippen molar-refractivity contribution >= 4 is 0 Å². The van der Waals surface area contributed by atoms with E-state index in [-0.39, 0.29) is 0 Å². The Hall–Kier alpha value is -1.10. The lowest BCUT2D eigenvalue weighted by atomic mass is 9.80. The molecule has 1 unspecified atom stereocenters. The van der Waals surface area contributed by atoms with E-state index in [1.54, 1.807) is 7.11 Å². The molecule has 1 fully saturated rings. The highest BCUT2D eigenvalue weighted by molar-refractivity contribution is 5.29. The first kappa shape index (κ1) is 16.3. The maximum absolute atomic E-state index is 10.3. The standard InChI is InChI=1S/C17H28N2O2/c1-17(7-9-19(2)10-8-17)13-18-12-16(20)14-5-4-6-15(11-14)21-3/h4-6,11,16,18,20H,7-10,12-13H2,1-3H3. The molecule has 21 heavy (non-hydrogen) atoms. The summed E-state index contributed by atoms with van der Waals surface area (Å²) in [5.74, 6) is 0.786. The molecule has 0 amide bonds. The van der Waals surface area contributed by atoms with Crippen molar-refractivity contribution in [2.24, 2.45) is 5.41 Å². The van der Waals surface area contributed by atoms with Gasteiger partial charge in [0.2, 0.25) is 0 Å². The fourth-order valence-electron chi connectivity index (χ4n) is 2.81. The summed E-state index contributed by atoms with van der Waals surface area (Å²) in [6, 6.07) is 7.63. The van der Waals surface area contributed by atoms with Crippen LogP contribution in [-0.2, 0) is 0 Å². The Morgan fingerprint density at radius 1 is 1.38 bits per heavy atom. The van der Waals surface area contributed by atoms with Crippen molar-refractivity contribution in [1.29, 1.82) is 0 Å². The number of hydrogen-bond donors (Lipinski definition) is 2. The summed E-state index contributed by atoms with van der Waals surface area (Å²) in [5, 5.41) is 13.7. The third-order valence-corrected chi connectivity index (χ3v) is 4.56. The van der Waals surface area contributed by atoms with Gasteiger partial charge in [-0.1, -0.05) is 19.1 Å². The lowest BCUT2D eigenvalue weighted by Gasteiger charge is -2.38. The van der Waals surface area contributed by atoms with Crippen molar-refractivity contribution in [2.75, 3.05) is 40.3 Å². The number of benzene rings is 1. The molecule has 0 saturated carbocycles. The molecule has 1 aliphatic rings. The van der Waals surface area contributed by atoms with Gasteiger partial charge in [-0.05, 0) is 56.1 Å². The Morgan fingerprint density at radius 2 is 2.10 bits per heavy atom. The van der Waals surface area contributed by atoms with E-state index in [1.165, 1.54) is 12.8 Å². The molecule has 2 rings (SSSR count). The zero-order chi connectivity index (χ0) is 15.3. The van der Waals surface area contributed by atoms with E-state index >= 15 is 0 Å².